The van der Waals surface area contributed by atoms with E-state index in [4.69, 9.17) is 0 Å². The summed E-state index contributed by atoms with van der Waals surface area (Å²) in [6.45, 7) is 4.50. The van der Waals surface area contributed by atoms with E-state index >= 15 is 0 Å². The number of thiol groups is 1. The van der Waals surface area contributed by atoms with Crippen molar-refractivity contribution in [1.29, 1.82) is 0 Å². The summed E-state index contributed by atoms with van der Waals surface area (Å²) >= 11 is 4.00. The monoisotopic (exact) mass is 431 g/mol. The van der Waals surface area contributed by atoms with Crippen LogP contribution in [0.4, 0.5) is 0 Å². The first-order valence-electron chi connectivity index (χ1n) is 10.9. The maximum Gasteiger partial charge on any atom is 0.434 e. The van der Waals surface area contributed by atoms with Gasteiger partial charge in [-0.25, -0.2) is 0 Å². The summed E-state index contributed by atoms with van der Waals surface area (Å²) in [6, 6.07) is 6.32. The predicted octanol–water partition coefficient (Wildman–Crippen LogP) is 7.53. The minimum Gasteiger partial charge on any atom is -0.304 e. The van der Waals surface area contributed by atoms with Gasteiger partial charge >= 0.3 is 5.69 Å². The molecule has 1 rings (SSSR count). The number of benzene rings is 1. The molecular weight excluding hydrogens is 391 g/mol. The Bertz CT molecular complexity index is 561. The van der Waals surface area contributed by atoms with Gasteiger partial charge in [0.15, 0.2) is 0 Å². The Balaban J connectivity index is 2.71. The fraction of sp³-hybridized carbons (Fsp3) is 0.727. The largest absolute Gasteiger partial charge is 0.434 e. The molecule has 0 radical (unpaired) electrons. The lowest BCUT2D eigenvalue weighted by atomic mass is 9.96. The van der Waals surface area contributed by atoms with Crippen LogP contribution in [-0.2, 0) is 23.8 Å². The lowest BCUT2D eigenvalue weighted by Gasteiger charge is -2.09. The second kappa shape index (κ2) is 15.0. The third-order valence-corrected chi connectivity index (χ3v) is 7.91. The molecule has 2 N–H and O–H groups in total. The van der Waals surface area contributed by atoms with Crippen molar-refractivity contribution in [3.63, 3.8) is 0 Å². The quantitative estimate of drug-likeness (QED) is 0.116. The predicted molar refractivity (Wildman–Crippen MR) is 127 cm³/mol. The Morgan fingerprint density at radius 3 is 1.85 bits per heavy atom. The minimum atomic E-state index is -3.17. The fourth-order valence-electron chi connectivity index (χ4n) is 3.52. The van der Waals surface area contributed by atoms with Crippen LogP contribution >= 0.6 is 17.9 Å². The molecule has 0 aliphatic carbocycles. The highest BCUT2D eigenvalue weighted by Gasteiger charge is 2.23. The van der Waals surface area contributed by atoms with E-state index in [0.717, 1.165) is 28.7 Å². The fourth-order valence-corrected chi connectivity index (χ4v) is 6.37. The zero-order valence-electron chi connectivity index (χ0n) is 17.3. The molecule has 0 bridgehead atoms. The summed E-state index contributed by atoms with van der Waals surface area (Å²) < 4.78 is 0. The van der Waals surface area contributed by atoms with Gasteiger partial charge in [0.1, 0.15) is 0 Å². The van der Waals surface area contributed by atoms with E-state index in [1.165, 1.54) is 88.2 Å². The molecule has 1 aromatic rings. The highest BCUT2D eigenvalue weighted by atomic mass is 32.9. The van der Waals surface area contributed by atoms with E-state index in [1.807, 2.05) is 6.07 Å². The summed E-state index contributed by atoms with van der Waals surface area (Å²) in [5, 5.41) is 0. The molecule has 0 fully saturated rings. The molecule has 0 aromatic heterocycles. The third kappa shape index (κ3) is 12.3. The Kier molecular flexibility index (Phi) is 14.0. The maximum atomic E-state index is 9.85. The minimum absolute atomic E-state index is 1.01. The van der Waals surface area contributed by atoms with Crippen LogP contribution in [0.15, 0.2) is 23.1 Å². The summed E-state index contributed by atoms with van der Waals surface area (Å²) in [5.74, 6) is 0. The molecule has 156 valence electrons. The summed E-state index contributed by atoms with van der Waals surface area (Å²) in [5.41, 5.74) is -0.450. The number of hydrogen-bond donors (Lipinski definition) is 3. The average Bonchev–Trinajstić information content (AvgIpc) is 2.61. The van der Waals surface area contributed by atoms with Crippen molar-refractivity contribution in [3.05, 3.63) is 29.3 Å². The van der Waals surface area contributed by atoms with Crippen molar-refractivity contribution in [2.24, 2.45) is 0 Å². The first-order chi connectivity index (χ1) is 13.0. The molecule has 1 aromatic carbocycles. The molecule has 0 saturated carbocycles. The number of aryl methyl sites for hydroxylation is 1. The summed E-state index contributed by atoms with van der Waals surface area (Å²) in [4.78, 5) is 20.7. The second-order valence-corrected chi connectivity index (χ2v) is 13.7. The lowest BCUT2D eigenvalue weighted by Crippen LogP contribution is -1.99. The van der Waals surface area contributed by atoms with Crippen LogP contribution in [0, 0.1) is 0 Å². The van der Waals surface area contributed by atoms with Crippen LogP contribution < -0.4 is 0 Å². The summed E-state index contributed by atoms with van der Waals surface area (Å²) in [7, 11) is 1.15. The van der Waals surface area contributed by atoms with Gasteiger partial charge in [-0.2, -0.15) is 0 Å². The Morgan fingerprint density at radius 2 is 1.30 bits per heavy atom. The van der Waals surface area contributed by atoms with Gasteiger partial charge in [-0.05, 0) is 43.5 Å². The average molecular weight is 432 g/mol. The third-order valence-electron chi connectivity index (χ3n) is 5.03. The molecule has 27 heavy (non-hydrogen) atoms. The van der Waals surface area contributed by atoms with Crippen molar-refractivity contribution >= 4 is 28.9 Å². The molecule has 0 unspecified atom stereocenters. The molecule has 5 heteroatoms. The molecule has 0 spiro atoms. The van der Waals surface area contributed by atoms with Gasteiger partial charge in [0.05, 0.1) is 0 Å². The number of unbranched alkanes of at least 4 members (excludes halogenated alkanes) is 10. The van der Waals surface area contributed by atoms with E-state index in [9.17, 15) is 9.79 Å². The van der Waals surface area contributed by atoms with Gasteiger partial charge < -0.3 is 9.79 Å². The van der Waals surface area contributed by atoms with Crippen LogP contribution in [0.25, 0.3) is 0 Å². The van der Waals surface area contributed by atoms with E-state index < -0.39 is 5.69 Å². The van der Waals surface area contributed by atoms with Crippen LogP contribution in [-0.4, -0.2) is 9.79 Å². The van der Waals surface area contributed by atoms with Gasteiger partial charge in [0, 0.05) is 11.6 Å². The zero-order chi connectivity index (χ0) is 20.0. The van der Waals surface area contributed by atoms with E-state index in [0.29, 0.717) is 0 Å². The Morgan fingerprint density at radius 1 is 0.778 bits per heavy atom. The molecular formula is C22H40O2PS2+. The van der Waals surface area contributed by atoms with Crippen molar-refractivity contribution in [1.82, 2.24) is 0 Å². The van der Waals surface area contributed by atoms with E-state index in [-0.39, 0.29) is 0 Å². The normalized spacial score (nSPS) is 11.7. The van der Waals surface area contributed by atoms with Crippen LogP contribution in [0.3, 0.4) is 0 Å². The standard InChI is InChI=1S/C22H40O2PS2/c1-3-5-7-9-11-13-16-20-17-15-19-22(27-25(23,24)26)21(20)18-14-12-10-8-6-4-2/h15,17,19,23-24,26H,3-14,16,18H2,1-2H3/q+1. The molecule has 0 atom stereocenters. The zero-order valence-corrected chi connectivity index (χ0v) is 19.9. The molecule has 2 nitrogen and oxygen atoms in total. The van der Waals surface area contributed by atoms with Crippen molar-refractivity contribution in [2.75, 3.05) is 0 Å². The van der Waals surface area contributed by atoms with Gasteiger partial charge in [-0.3, -0.25) is 0 Å². The van der Waals surface area contributed by atoms with Gasteiger partial charge in [0.2, 0.25) is 4.90 Å². The van der Waals surface area contributed by atoms with Crippen LogP contribution in [0.2, 0.25) is 0 Å². The van der Waals surface area contributed by atoms with Crippen LogP contribution in [0.5, 0.6) is 0 Å². The molecule has 0 aliphatic heterocycles. The van der Waals surface area contributed by atoms with Gasteiger partial charge in [-0.15, -0.1) is 0 Å². The Labute approximate surface area is 176 Å². The van der Waals surface area contributed by atoms with Gasteiger partial charge in [-0.1, -0.05) is 90.2 Å². The number of rotatable bonds is 15. The SMILES string of the molecule is CCCCCCCCc1cccc([S+]=P(O)(O)S)c1CCCCCCCC. The topological polar surface area (TPSA) is 40.5 Å². The van der Waals surface area contributed by atoms with Crippen molar-refractivity contribution < 1.29 is 9.79 Å². The molecule has 0 heterocycles. The first-order valence-corrected chi connectivity index (χ1v) is 15.1. The van der Waals surface area contributed by atoms with Crippen molar-refractivity contribution in [3.8, 4) is 0 Å². The van der Waals surface area contributed by atoms with Crippen LogP contribution in [0.1, 0.15) is 102 Å². The van der Waals surface area contributed by atoms with E-state index in [2.05, 4.69) is 38.2 Å². The van der Waals surface area contributed by atoms with E-state index in [1.54, 1.807) is 0 Å². The Hall–Kier alpha value is 0.140. The highest BCUT2D eigenvalue weighted by molar-refractivity contribution is 8.62. The lowest BCUT2D eigenvalue weighted by molar-refractivity contribution is 0.502. The van der Waals surface area contributed by atoms with Gasteiger partial charge in [0.25, 0.3) is 10.9 Å². The first kappa shape index (κ1) is 25.2. The number of hydrogen-bond acceptors (Lipinski definition) is 0. The molecule has 0 saturated heterocycles. The van der Waals surface area contributed by atoms with Crippen molar-refractivity contribution in [2.45, 2.75) is 109 Å². The maximum absolute atomic E-state index is 9.85. The smallest absolute Gasteiger partial charge is 0.304 e. The molecule has 0 amide bonds. The highest BCUT2D eigenvalue weighted by Crippen LogP contribution is 2.45. The molecule has 0 aliphatic rings. The second-order valence-electron chi connectivity index (χ2n) is 7.53. The summed E-state index contributed by atoms with van der Waals surface area (Å²) in [6.07, 6.45) is 17.6.